The molecular weight excluding hydrogens is 240 g/mol. The van der Waals surface area contributed by atoms with Gasteiger partial charge in [-0.15, -0.1) is 0 Å². The fourth-order valence-corrected chi connectivity index (χ4v) is 2.21. The van der Waals surface area contributed by atoms with Crippen molar-refractivity contribution < 1.29 is 0 Å². The lowest BCUT2D eigenvalue weighted by Crippen LogP contribution is -2.42. The van der Waals surface area contributed by atoms with E-state index in [9.17, 15) is 4.79 Å². The molecule has 1 aromatic heterocycles. The maximum Gasteiger partial charge on any atom is 0.323 e. The van der Waals surface area contributed by atoms with Gasteiger partial charge in [-0.3, -0.25) is 4.90 Å². The van der Waals surface area contributed by atoms with Crippen LogP contribution in [-0.4, -0.2) is 34.0 Å². The molecule has 1 heterocycles. The molecule has 19 heavy (non-hydrogen) atoms. The summed E-state index contributed by atoms with van der Waals surface area (Å²) < 4.78 is 0. The van der Waals surface area contributed by atoms with Gasteiger partial charge in [0.1, 0.15) is 0 Å². The van der Waals surface area contributed by atoms with Gasteiger partial charge in [0, 0.05) is 12.1 Å². The van der Waals surface area contributed by atoms with Gasteiger partial charge in [0.15, 0.2) is 0 Å². The molecule has 5 nitrogen and oxygen atoms in total. The van der Waals surface area contributed by atoms with Gasteiger partial charge < -0.3 is 15.7 Å². The summed E-state index contributed by atoms with van der Waals surface area (Å²) in [6, 6.07) is 6.00. The van der Waals surface area contributed by atoms with E-state index in [1.807, 2.05) is 18.2 Å². The van der Waals surface area contributed by atoms with Crippen molar-refractivity contribution in [3.05, 3.63) is 34.2 Å². The minimum Gasteiger partial charge on any atom is -0.330 e. The van der Waals surface area contributed by atoms with E-state index in [4.69, 9.17) is 5.73 Å². The molecule has 0 radical (unpaired) electrons. The number of hydrogen-bond acceptors (Lipinski definition) is 3. The van der Waals surface area contributed by atoms with E-state index in [2.05, 4.69) is 35.8 Å². The maximum atomic E-state index is 11.2. The van der Waals surface area contributed by atoms with Gasteiger partial charge in [0.2, 0.25) is 0 Å². The SMILES string of the molecule is CN(Cc1ccc2[nH]c(=O)[nH]c2c1)C(C)(C)CCN. The third-order valence-electron chi connectivity index (χ3n) is 3.79. The number of aromatic amines is 2. The minimum atomic E-state index is -0.163. The monoisotopic (exact) mass is 262 g/mol. The van der Waals surface area contributed by atoms with Crippen LogP contribution in [-0.2, 0) is 6.54 Å². The van der Waals surface area contributed by atoms with Crippen LogP contribution in [0.25, 0.3) is 11.0 Å². The van der Waals surface area contributed by atoms with Crippen molar-refractivity contribution in [1.29, 1.82) is 0 Å². The zero-order valence-electron chi connectivity index (χ0n) is 11.8. The Hall–Kier alpha value is -1.59. The molecule has 4 N–H and O–H groups in total. The fourth-order valence-electron chi connectivity index (χ4n) is 2.21. The zero-order chi connectivity index (χ0) is 14.0. The van der Waals surface area contributed by atoms with Crippen LogP contribution in [0.15, 0.2) is 23.0 Å². The molecule has 0 aliphatic carbocycles. The highest BCUT2D eigenvalue weighted by molar-refractivity contribution is 5.74. The molecule has 0 saturated carbocycles. The zero-order valence-corrected chi connectivity index (χ0v) is 11.8. The van der Waals surface area contributed by atoms with E-state index >= 15 is 0 Å². The number of hydrogen-bond donors (Lipinski definition) is 3. The Bertz CT molecular complexity index is 611. The molecule has 2 aromatic rings. The predicted octanol–water partition coefficient (Wildman–Crippen LogP) is 1.42. The molecule has 0 atom stereocenters. The van der Waals surface area contributed by atoms with Gasteiger partial charge >= 0.3 is 5.69 Å². The molecule has 1 aromatic carbocycles. The summed E-state index contributed by atoms with van der Waals surface area (Å²) in [4.78, 5) is 19.0. The van der Waals surface area contributed by atoms with Crippen molar-refractivity contribution in [2.24, 2.45) is 5.73 Å². The summed E-state index contributed by atoms with van der Waals surface area (Å²) in [6.45, 7) is 5.89. The van der Waals surface area contributed by atoms with Crippen LogP contribution in [0.3, 0.4) is 0 Å². The van der Waals surface area contributed by atoms with Crippen LogP contribution >= 0.6 is 0 Å². The first-order valence-electron chi connectivity index (χ1n) is 6.54. The van der Waals surface area contributed by atoms with Crippen molar-refractivity contribution in [2.75, 3.05) is 13.6 Å². The van der Waals surface area contributed by atoms with Gasteiger partial charge in [-0.05, 0) is 51.6 Å². The van der Waals surface area contributed by atoms with Gasteiger partial charge in [-0.2, -0.15) is 0 Å². The molecule has 0 spiro atoms. The van der Waals surface area contributed by atoms with Gasteiger partial charge in [-0.25, -0.2) is 4.79 Å². The van der Waals surface area contributed by atoms with Gasteiger partial charge in [-0.1, -0.05) is 6.07 Å². The molecule has 5 heteroatoms. The summed E-state index contributed by atoms with van der Waals surface area (Å²) in [5.74, 6) is 0. The molecule has 0 fully saturated rings. The van der Waals surface area contributed by atoms with E-state index in [-0.39, 0.29) is 11.2 Å². The maximum absolute atomic E-state index is 11.2. The standard InChI is InChI=1S/C14H22N4O/c1-14(2,6-7-15)18(3)9-10-4-5-11-12(8-10)17-13(19)16-11/h4-5,8H,6-7,9,15H2,1-3H3,(H2,16,17,19). The second-order valence-electron chi connectivity index (χ2n) is 5.67. The molecule has 0 bridgehead atoms. The van der Waals surface area contributed by atoms with Gasteiger partial charge in [0.25, 0.3) is 0 Å². The Balaban J connectivity index is 2.18. The van der Waals surface area contributed by atoms with Crippen LogP contribution in [0.4, 0.5) is 0 Å². The van der Waals surface area contributed by atoms with Crippen LogP contribution in [0.2, 0.25) is 0 Å². The Kier molecular flexibility index (Phi) is 3.78. The number of nitrogens with zero attached hydrogens (tertiary/aromatic N) is 1. The number of benzene rings is 1. The molecule has 2 rings (SSSR count). The Labute approximate surface area is 112 Å². The minimum absolute atomic E-state index is 0.0647. The van der Waals surface area contributed by atoms with Crippen molar-refractivity contribution in [3.8, 4) is 0 Å². The summed E-state index contributed by atoms with van der Waals surface area (Å²) in [5, 5.41) is 0. The Morgan fingerprint density at radius 3 is 2.63 bits per heavy atom. The summed E-state index contributed by atoms with van der Waals surface area (Å²) >= 11 is 0. The van der Waals surface area contributed by atoms with Crippen LogP contribution in [0.5, 0.6) is 0 Å². The lowest BCUT2D eigenvalue weighted by molar-refractivity contribution is 0.140. The third-order valence-corrected chi connectivity index (χ3v) is 3.79. The number of nitrogens with one attached hydrogen (secondary N) is 2. The summed E-state index contributed by atoms with van der Waals surface area (Å²) in [5.41, 5.74) is 8.43. The molecule has 0 amide bonds. The second-order valence-corrected chi connectivity index (χ2v) is 5.67. The van der Waals surface area contributed by atoms with Crippen LogP contribution < -0.4 is 11.4 Å². The lowest BCUT2D eigenvalue weighted by atomic mass is 9.98. The number of H-pyrrole nitrogens is 2. The third kappa shape index (κ3) is 3.05. The molecular formula is C14H22N4O. The highest BCUT2D eigenvalue weighted by Crippen LogP contribution is 2.20. The van der Waals surface area contributed by atoms with E-state index in [0.29, 0.717) is 6.54 Å². The molecule has 0 saturated heterocycles. The predicted molar refractivity (Wildman–Crippen MR) is 78.1 cm³/mol. The largest absolute Gasteiger partial charge is 0.330 e. The molecule has 104 valence electrons. The highest BCUT2D eigenvalue weighted by Gasteiger charge is 2.22. The average Bonchev–Trinajstić information content (AvgIpc) is 2.68. The lowest BCUT2D eigenvalue weighted by Gasteiger charge is -2.35. The molecule has 0 aliphatic rings. The number of nitrogens with two attached hydrogens (primary N) is 1. The second kappa shape index (κ2) is 5.19. The van der Waals surface area contributed by atoms with Crippen molar-refractivity contribution in [2.45, 2.75) is 32.4 Å². The summed E-state index contributed by atoms with van der Waals surface area (Å²) in [7, 11) is 2.10. The molecule has 0 aliphatic heterocycles. The first-order valence-corrected chi connectivity index (χ1v) is 6.54. The Morgan fingerprint density at radius 2 is 1.95 bits per heavy atom. The topological polar surface area (TPSA) is 77.9 Å². The van der Waals surface area contributed by atoms with Crippen LogP contribution in [0, 0.1) is 0 Å². The average molecular weight is 262 g/mol. The van der Waals surface area contributed by atoms with Gasteiger partial charge in [0.05, 0.1) is 11.0 Å². The van der Waals surface area contributed by atoms with E-state index < -0.39 is 0 Å². The molecule has 0 unspecified atom stereocenters. The quantitative estimate of drug-likeness (QED) is 0.762. The van der Waals surface area contributed by atoms with Crippen molar-refractivity contribution >= 4 is 11.0 Å². The highest BCUT2D eigenvalue weighted by atomic mass is 16.1. The van der Waals surface area contributed by atoms with Crippen molar-refractivity contribution in [3.63, 3.8) is 0 Å². The first kappa shape index (κ1) is 13.8. The van der Waals surface area contributed by atoms with E-state index in [1.54, 1.807) is 0 Å². The fraction of sp³-hybridized carbons (Fsp3) is 0.500. The van der Waals surface area contributed by atoms with Crippen LogP contribution in [0.1, 0.15) is 25.8 Å². The van der Waals surface area contributed by atoms with E-state index in [1.165, 1.54) is 5.56 Å². The Morgan fingerprint density at radius 1 is 1.26 bits per heavy atom. The van der Waals surface area contributed by atoms with E-state index in [0.717, 1.165) is 24.0 Å². The number of rotatable bonds is 5. The number of fused-ring (bicyclic) bond motifs is 1. The first-order chi connectivity index (χ1) is 8.92. The smallest absolute Gasteiger partial charge is 0.323 e. The number of imidazole rings is 1. The normalized spacial score (nSPS) is 12.5. The number of aromatic nitrogens is 2. The summed E-state index contributed by atoms with van der Waals surface area (Å²) in [6.07, 6.45) is 0.951. The van der Waals surface area contributed by atoms with Crippen molar-refractivity contribution in [1.82, 2.24) is 14.9 Å².